The highest BCUT2D eigenvalue weighted by atomic mass is 32.2. The van der Waals surface area contributed by atoms with E-state index in [0.29, 0.717) is 0 Å². The first-order chi connectivity index (χ1) is 12.8. The summed E-state index contributed by atoms with van der Waals surface area (Å²) in [6, 6.07) is 15.8. The van der Waals surface area contributed by atoms with Crippen LogP contribution in [-0.4, -0.2) is 34.7 Å². The average Bonchev–Trinajstić information content (AvgIpc) is 3.09. The van der Waals surface area contributed by atoms with Crippen molar-refractivity contribution in [2.45, 2.75) is 12.1 Å². The van der Waals surface area contributed by atoms with Gasteiger partial charge in [0.05, 0.1) is 14.2 Å². The summed E-state index contributed by atoms with van der Waals surface area (Å²) in [5.74, 6) is 3.24. The van der Waals surface area contributed by atoms with Gasteiger partial charge in [0.1, 0.15) is 11.5 Å². The van der Waals surface area contributed by atoms with Crippen LogP contribution >= 0.6 is 11.8 Å². The second kappa shape index (κ2) is 8.58. The molecule has 5 nitrogen and oxygen atoms in total. The molecule has 6 heteroatoms. The predicted molar refractivity (Wildman–Crippen MR) is 106 cm³/mol. The number of aromatic nitrogens is 3. The van der Waals surface area contributed by atoms with Crippen molar-refractivity contribution in [3.05, 3.63) is 59.9 Å². The zero-order chi connectivity index (χ0) is 18.4. The van der Waals surface area contributed by atoms with Gasteiger partial charge in [0.2, 0.25) is 0 Å². The van der Waals surface area contributed by atoms with Gasteiger partial charge in [-0.15, -0.1) is 10.2 Å². The van der Waals surface area contributed by atoms with E-state index in [0.717, 1.165) is 39.5 Å². The lowest BCUT2D eigenvalue weighted by Gasteiger charge is -2.09. The lowest BCUT2D eigenvalue weighted by Crippen LogP contribution is -1.99. The number of hydrogen-bond acceptors (Lipinski definition) is 5. The molecular weight excluding hydrogens is 346 g/mol. The first kappa shape index (κ1) is 18.1. The summed E-state index contributed by atoms with van der Waals surface area (Å²) in [7, 11) is 3.30. The molecule has 0 saturated heterocycles. The van der Waals surface area contributed by atoms with Crippen molar-refractivity contribution in [2.75, 3.05) is 20.0 Å². The average molecular weight is 367 g/mol. The SMILES string of the molecule is CCSc1nnc(/C=C/c2cc(OC)ccc2OC)n1-c1ccccc1. The third kappa shape index (κ3) is 3.91. The van der Waals surface area contributed by atoms with Gasteiger partial charge in [0, 0.05) is 11.3 Å². The maximum atomic E-state index is 5.44. The Morgan fingerprint density at radius 3 is 2.50 bits per heavy atom. The Kier molecular flexibility index (Phi) is 5.96. The Balaban J connectivity index is 2.02. The zero-order valence-electron chi connectivity index (χ0n) is 15.0. The number of nitrogens with zero attached hydrogens (tertiary/aromatic N) is 3. The van der Waals surface area contributed by atoms with Crippen LogP contribution in [0.25, 0.3) is 17.8 Å². The summed E-state index contributed by atoms with van der Waals surface area (Å²) < 4.78 is 12.8. The van der Waals surface area contributed by atoms with E-state index in [4.69, 9.17) is 9.47 Å². The fourth-order valence-corrected chi connectivity index (χ4v) is 3.25. The van der Waals surface area contributed by atoms with Gasteiger partial charge in [0.15, 0.2) is 11.0 Å². The monoisotopic (exact) mass is 367 g/mol. The lowest BCUT2D eigenvalue weighted by molar-refractivity contribution is 0.402. The molecule has 3 rings (SSSR count). The van der Waals surface area contributed by atoms with E-state index in [-0.39, 0.29) is 0 Å². The Labute approximate surface area is 157 Å². The number of para-hydroxylation sites is 1. The Morgan fingerprint density at radius 2 is 1.81 bits per heavy atom. The van der Waals surface area contributed by atoms with Gasteiger partial charge in [-0.25, -0.2) is 0 Å². The summed E-state index contributed by atoms with van der Waals surface area (Å²) in [5.41, 5.74) is 1.95. The predicted octanol–water partition coefficient (Wildman–Crippen LogP) is 4.57. The number of hydrogen-bond donors (Lipinski definition) is 0. The number of thioether (sulfide) groups is 1. The van der Waals surface area contributed by atoms with E-state index in [1.54, 1.807) is 26.0 Å². The van der Waals surface area contributed by atoms with Gasteiger partial charge < -0.3 is 9.47 Å². The highest BCUT2D eigenvalue weighted by Crippen LogP contribution is 2.27. The fourth-order valence-electron chi connectivity index (χ4n) is 2.57. The quantitative estimate of drug-likeness (QED) is 0.573. The van der Waals surface area contributed by atoms with Crippen molar-refractivity contribution < 1.29 is 9.47 Å². The highest BCUT2D eigenvalue weighted by Gasteiger charge is 2.12. The molecule has 0 spiro atoms. The van der Waals surface area contributed by atoms with Gasteiger partial charge in [0.25, 0.3) is 0 Å². The summed E-state index contributed by atoms with van der Waals surface area (Å²) in [6.45, 7) is 2.10. The molecule has 0 N–H and O–H groups in total. The smallest absolute Gasteiger partial charge is 0.196 e. The van der Waals surface area contributed by atoms with Gasteiger partial charge in [-0.2, -0.15) is 0 Å². The van der Waals surface area contributed by atoms with Crippen LogP contribution in [0.1, 0.15) is 18.3 Å². The third-order valence-corrected chi connectivity index (χ3v) is 4.61. The minimum absolute atomic E-state index is 0.761. The van der Waals surface area contributed by atoms with Crippen molar-refractivity contribution in [2.24, 2.45) is 0 Å². The van der Waals surface area contributed by atoms with Crippen LogP contribution in [0.2, 0.25) is 0 Å². The second-order valence-electron chi connectivity index (χ2n) is 5.39. The minimum Gasteiger partial charge on any atom is -0.497 e. The van der Waals surface area contributed by atoms with Gasteiger partial charge in [-0.3, -0.25) is 4.57 Å². The molecule has 0 aliphatic carbocycles. The zero-order valence-corrected chi connectivity index (χ0v) is 15.9. The Morgan fingerprint density at radius 1 is 1.00 bits per heavy atom. The summed E-state index contributed by atoms with van der Waals surface area (Å²) in [6.07, 6.45) is 3.90. The number of methoxy groups -OCH3 is 2. The first-order valence-corrected chi connectivity index (χ1v) is 9.29. The van der Waals surface area contributed by atoms with Crippen LogP contribution in [0.5, 0.6) is 11.5 Å². The molecule has 0 unspecified atom stereocenters. The van der Waals surface area contributed by atoms with Gasteiger partial charge in [-0.05, 0) is 48.2 Å². The number of ether oxygens (including phenoxy) is 2. The van der Waals surface area contributed by atoms with E-state index >= 15 is 0 Å². The Hall–Kier alpha value is -2.73. The Bertz CT molecular complexity index is 891. The number of rotatable bonds is 7. The van der Waals surface area contributed by atoms with Crippen LogP contribution in [-0.2, 0) is 0 Å². The van der Waals surface area contributed by atoms with Crippen LogP contribution in [0.15, 0.2) is 53.7 Å². The summed E-state index contributed by atoms with van der Waals surface area (Å²) >= 11 is 1.66. The molecule has 26 heavy (non-hydrogen) atoms. The largest absolute Gasteiger partial charge is 0.497 e. The lowest BCUT2D eigenvalue weighted by atomic mass is 10.1. The van der Waals surface area contributed by atoms with Crippen molar-refractivity contribution in [3.63, 3.8) is 0 Å². The molecule has 1 aromatic heterocycles. The molecule has 0 aliphatic heterocycles. The minimum atomic E-state index is 0.761. The van der Waals surface area contributed by atoms with Crippen molar-refractivity contribution in [1.29, 1.82) is 0 Å². The molecule has 0 saturated carbocycles. The van der Waals surface area contributed by atoms with Gasteiger partial charge >= 0.3 is 0 Å². The molecule has 0 fully saturated rings. The van der Waals surface area contributed by atoms with E-state index in [2.05, 4.69) is 21.7 Å². The molecule has 0 radical (unpaired) electrons. The fraction of sp³-hybridized carbons (Fsp3) is 0.200. The van der Waals surface area contributed by atoms with Crippen LogP contribution < -0.4 is 9.47 Å². The molecule has 0 amide bonds. The molecular formula is C20H21N3O2S. The molecule has 2 aromatic carbocycles. The van der Waals surface area contributed by atoms with Crippen LogP contribution in [0.3, 0.4) is 0 Å². The molecule has 0 atom stereocenters. The number of benzene rings is 2. The van der Waals surface area contributed by atoms with Crippen molar-refractivity contribution in [3.8, 4) is 17.2 Å². The highest BCUT2D eigenvalue weighted by molar-refractivity contribution is 7.99. The molecule has 3 aromatic rings. The maximum absolute atomic E-state index is 5.44. The second-order valence-corrected chi connectivity index (χ2v) is 6.62. The maximum Gasteiger partial charge on any atom is 0.196 e. The molecule has 1 heterocycles. The standard InChI is InChI=1S/C20H21N3O2S/c1-4-26-20-22-21-19(23(20)16-8-6-5-7-9-16)13-10-15-14-17(24-2)11-12-18(15)25-3/h5-14H,4H2,1-3H3/b13-10+. The third-order valence-electron chi connectivity index (χ3n) is 3.80. The van der Waals surface area contributed by atoms with E-state index in [1.165, 1.54) is 0 Å². The molecule has 0 bridgehead atoms. The van der Waals surface area contributed by atoms with Crippen LogP contribution in [0.4, 0.5) is 0 Å². The topological polar surface area (TPSA) is 49.2 Å². The van der Waals surface area contributed by atoms with Crippen molar-refractivity contribution in [1.82, 2.24) is 14.8 Å². The van der Waals surface area contributed by atoms with E-state index in [1.807, 2.05) is 60.7 Å². The molecule has 0 aliphatic rings. The first-order valence-electron chi connectivity index (χ1n) is 8.30. The summed E-state index contributed by atoms with van der Waals surface area (Å²) in [5, 5.41) is 9.57. The van der Waals surface area contributed by atoms with E-state index in [9.17, 15) is 0 Å². The van der Waals surface area contributed by atoms with Crippen molar-refractivity contribution >= 4 is 23.9 Å². The van der Waals surface area contributed by atoms with Crippen LogP contribution in [0, 0.1) is 0 Å². The molecule has 134 valence electrons. The van der Waals surface area contributed by atoms with E-state index < -0.39 is 0 Å². The van der Waals surface area contributed by atoms with Gasteiger partial charge in [-0.1, -0.05) is 36.9 Å². The summed E-state index contributed by atoms with van der Waals surface area (Å²) in [4.78, 5) is 0. The normalized spacial score (nSPS) is 11.0.